The standard InChI is InChI=1S/C17H12ClN3O5/c1-10-3-2-6-20-15(22)8-12(19-16(10)20)9-26-17(23)11-4-5-13(18)14(7-11)21(24)25/h2-8H,9H2,1H3. The molecular weight excluding hydrogens is 362 g/mol. The summed E-state index contributed by atoms with van der Waals surface area (Å²) >= 11 is 5.72. The van der Waals surface area contributed by atoms with E-state index in [0.717, 1.165) is 11.6 Å². The maximum atomic E-state index is 12.1. The average Bonchev–Trinajstić information content (AvgIpc) is 2.60. The number of nitro benzene ring substituents is 1. The Hall–Kier alpha value is -3.26. The predicted octanol–water partition coefficient (Wildman–Crippen LogP) is 2.92. The van der Waals surface area contributed by atoms with Crippen LogP contribution >= 0.6 is 11.6 Å². The molecule has 0 bridgehead atoms. The summed E-state index contributed by atoms with van der Waals surface area (Å²) in [6, 6.07) is 8.43. The lowest BCUT2D eigenvalue weighted by Crippen LogP contribution is -2.17. The zero-order chi connectivity index (χ0) is 18.8. The number of aromatic nitrogens is 2. The smallest absolute Gasteiger partial charge is 0.338 e. The highest BCUT2D eigenvalue weighted by atomic mass is 35.5. The number of esters is 1. The molecule has 0 aliphatic carbocycles. The van der Waals surface area contributed by atoms with Crippen molar-refractivity contribution in [1.82, 2.24) is 9.38 Å². The topological polar surface area (TPSA) is 104 Å². The second-order valence-electron chi connectivity index (χ2n) is 5.47. The number of carbonyl (C=O) groups is 1. The van der Waals surface area contributed by atoms with Gasteiger partial charge in [-0.3, -0.25) is 19.3 Å². The summed E-state index contributed by atoms with van der Waals surface area (Å²) in [7, 11) is 0. The Balaban J connectivity index is 1.83. The van der Waals surface area contributed by atoms with E-state index in [0.29, 0.717) is 5.65 Å². The molecule has 0 atom stereocenters. The number of benzene rings is 1. The molecule has 3 rings (SSSR count). The summed E-state index contributed by atoms with van der Waals surface area (Å²) in [5.74, 6) is -0.781. The van der Waals surface area contributed by atoms with Gasteiger partial charge < -0.3 is 4.74 Å². The summed E-state index contributed by atoms with van der Waals surface area (Å²) in [4.78, 5) is 38.8. The van der Waals surface area contributed by atoms with Crippen LogP contribution in [0.1, 0.15) is 21.6 Å². The second-order valence-corrected chi connectivity index (χ2v) is 5.88. The van der Waals surface area contributed by atoms with Crippen molar-refractivity contribution in [2.75, 3.05) is 0 Å². The first kappa shape index (κ1) is 17.6. The Morgan fingerprint density at radius 2 is 2.12 bits per heavy atom. The Morgan fingerprint density at radius 1 is 1.35 bits per heavy atom. The zero-order valence-electron chi connectivity index (χ0n) is 13.5. The van der Waals surface area contributed by atoms with E-state index in [1.165, 1.54) is 22.6 Å². The maximum absolute atomic E-state index is 12.1. The Bertz CT molecular complexity index is 1090. The normalized spacial score (nSPS) is 10.7. The van der Waals surface area contributed by atoms with Gasteiger partial charge in [-0.2, -0.15) is 0 Å². The van der Waals surface area contributed by atoms with Crippen LogP contribution in [0.3, 0.4) is 0 Å². The van der Waals surface area contributed by atoms with Gasteiger partial charge in [-0.25, -0.2) is 9.78 Å². The summed E-state index contributed by atoms with van der Waals surface area (Å²) in [6.45, 7) is 1.57. The molecule has 0 aliphatic rings. The number of fused-ring (bicyclic) bond motifs is 1. The molecule has 0 fully saturated rings. The molecular formula is C17H12ClN3O5. The highest BCUT2D eigenvalue weighted by molar-refractivity contribution is 6.32. The molecule has 0 N–H and O–H groups in total. The van der Waals surface area contributed by atoms with Crippen molar-refractivity contribution in [1.29, 1.82) is 0 Å². The molecule has 26 heavy (non-hydrogen) atoms. The molecule has 9 heteroatoms. The number of pyridine rings is 1. The molecule has 0 amide bonds. The summed E-state index contributed by atoms with van der Waals surface area (Å²) < 4.78 is 6.51. The van der Waals surface area contributed by atoms with Crippen molar-refractivity contribution in [3.05, 3.63) is 84.9 Å². The van der Waals surface area contributed by atoms with Crippen molar-refractivity contribution in [2.24, 2.45) is 0 Å². The van der Waals surface area contributed by atoms with E-state index < -0.39 is 10.9 Å². The Kier molecular flexibility index (Phi) is 4.68. The van der Waals surface area contributed by atoms with E-state index in [-0.39, 0.29) is 34.1 Å². The number of nitrogens with zero attached hydrogens (tertiary/aromatic N) is 3. The van der Waals surface area contributed by atoms with Gasteiger partial charge in [0.25, 0.3) is 11.2 Å². The van der Waals surface area contributed by atoms with E-state index in [1.54, 1.807) is 12.3 Å². The quantitative estimate of drug-likeness (QED) is 0.395. The van der Waals surface area contributed by atoms with Gasteiger partial charge in [0.2, 0.25) is 0 Å². The van der Waals surface area contributed by atoms with Crippen LogP contribution in [0.2, 0.25) is 5.02 Å². The number of ether oxygens (including phenoxy) is 1. The second kappa shape index (κ2) is 6.93. The largest absolute Gasteiger partial charge is 0.456 e. The first-order chi connectivity index (χ1) is 12.4. The molecule has 0 saturated carbocycles. The van der Waals surface area contributed by atoms with Gasteiger partial charge in [0.15, 0.2) is 0 Å². The van der Waals surface area contributed by atoms with Crippen LogP contribution in [0.15, 0.2) is 47.4 Å². The number of hydrogen-bond donors (Lipinski definition) is 0. The monoisotopic (exact) mass is 373 g/mol. The van der Waals surface area contributed by atoms with Crippen molar-refractivity contribution in [3.63, 3.8) is 0 Å². The Labute approximate surface area is 151 Å². The molecule has 0 unspecified atom stereocenters. The lowest BCUT2D eigenvalue weighted by Gasteiger charge is -2.07. The fraction of sp³-hybridized carbons (Fsp3) is 0.118. The highest BCUT2D eigenvalue weighted by Gasteiger charge is 2.17. The zero-order valence-corrected chi connectivity index (χ0v) is 14.3. The van der Waals surface area contributed by atoms with Crippen LogP contribution in [0.4, 0.5) is 5.69 Å². The van der Waals surface area contributed by atoms with Crippen LogP contribution in [0, 0.1) is 17.0 Å². The molecule has 2 heterocycles. The van der Waals surface area contributed by atoms with Crippen molar-refractivity contribution in [3.8, 4) is 0 Å². The van der Waals surface area contributed by atoms with E-state index in [4.69, 9.17) is 16.3 Å². The minimum atomic E-state index is -0.781. The first-order valence-corrected chi connectivity index (χ1v) is 7.83. The molecule has 0 radical (unpaired) electrons. The molecule has 8 nitrogen and oxygen atoms in total. The number of nitro groups is 1. The summed E-state index contributed by atoms with van der Waals surface area (Å²) in [5, 5.41) is 10.8. The van der Waals surface area contributed by atoms with Crippen LogP contribution in [0.5, 0.6) is 0 Å². The van der Waals surface area contributed by atoms with Crippen LogP contribution < -0.4 is 5.56 Å². The number of carbonyl (C=O) groups excluding carboxylic acids is 1. The first-order valence-electron chi connectivity index (χ1n) is 7.46. The van der Waals surface area contributed by atoms with E-state index in [1.807, 2.05) is 13.0 Å². The Morgan fingerprint density at radius 3 is 2.85 bits per heavy atom. The van der Waals surface area contributed by atoms with Crippen molar-refractivity contribution < 1.29 is 14.5 Å². The minimum absolute atomic E-state index is 0.0187. The molecule has 0 saturated heterocycles. The van der Waals surface area contributed by atoms with Crippen molar-refractivity contribution in [2.45, 2.75) is 13.5 Å². The van der Waals surface area contributed by atoms with E-state index in [2.05, 4.69) is 4.98 Å². The molecule has 3 aromatic rings. The molecule has 2 aromatic heterocycles. The average molecular weight is 374 g/mol. The van der Waals surface area contributed by atoms with Crippen LogP contribution in [0.25, 0.3) is 5.65 Å². The predicted molar refractivity (Wildman–Crippen MR) is 93.4 cm³/mol. The van der Waals surface area contributed by atoms with Crippen LogP contribution in [-0.4, -0.2) is 20.3 Å². The third-order valence-electron chi connectivity index (χ3n) is 3.67. The molecule has 132 valence electrons. The summed E-state index contributed by atoms with van der Waals surface area (Å²) in [6.07, 6.45) is 1.60. The third kappa shape index (κ3) is 3.40. The maximum Gasteiger partial charge on any atom is 0.338 e. The minimum Gasteiger partial charge on any atom is -0.456 e. The van der Waals surface area contributed by atoms with Gasteiger partial charge in [0.1, 0.15) is 17.3 Å². The van der Waals surface area contributed by atoms with Gasteiger partial charge in [-0.15, -0.1) is 0 Å². The molecule has 1 aromatic carbocycles. The van der Waals surface area contributed by atoms with Gasteiger partial charge >= 0.3 is 5.97 Å². The number of aryl methyl sites for hydroxylation is 1. The van der Waals surface area contributed by atoms with Gasteiger partial charge in [0.05, 0.1) is 16.2 Å². The number of halogens is 1. The lowest BCUT2D eigenvalue weighted by atomic mass is 10.2. The third-order valence-corrected chi connectivity index (χ3v) is 3.99. The van der Waals surface area contributed by atoms with Crippen molar-refractivity contribution >= 4 is 28.9 Å². The van der Waals surface area contributed by atoms with Gasteiger partial charge in [0, 0.05) is 18.3 Å². The van der Waals surface area contributed by atoms with Gasteiger partial charge in [-0.05, 0) is 30.7 Å². The van der Waals surface area contributed by atoms with Gasteiger partial charge in [-0.1, -0.05) is 17.7 Å². The highest BCUT2D eigenvalue weighted by Crippen LogP contribution is 2.25. The van der Waals surface area contributed by atoms with Crippen LogP contribution in [-0.2, 0) is 11.3 Å². The fourth-order valence-corrected chi connectivity index (χ4v) is 2.57. The van der Waals surface area contributed by atoms with E-state index >= 15 is 0 Å². The fourth-order valence-electron chi connectivity index (χ4n) is 2.39. The van der Waals surface area contributed by atoms with E-state index in [9.17, 15) is 19.7 Å². The SMILES string of the molecule is Cc1cccn2c(=O)cc(COC(=O)c3ccc(Cl)c([N+](=O)[O-])c3)nc12. The number of hydrogen-bond acceptors (Lipinski definition) is 6. The summed E-state index contributed by atoms with van der Waals surface area (Å²) in [5.41, 5.74) is 0.834. The number of rotatable bonds is 4. The molecule has 0 spiro atoms. The molecule has 0 aliphatic heterocycles. The lowest BCUT2D eigenvalue weighted by molar-refractivity contribution is -0.384.